The van der Waals surface area contributed by atoms with Crippen LogP contribution in [-0.2, 0) is 4.79 Å². The number of nitrogens with one attached hydrogen (secondary N) is 1. The maximum atomic E-state index is 11.8. The molecule has 2 unspecified atom stereocenters. The van der Waals surface area contributed by atoms with Crippen LogP contribution in [-0.4, -0.2) is 41.1 Å². The molecule has 1 fully saturated rings. The van der Waals surface area contributed by atoms with Crippen LogP contribution in [0.2, 0.25) is 0 Å². The van der Waals surface area contributed by atoms with Crippen molar-refractivity contribution in [2.75, 3.05) is 13.1 Å². The minimum Gasteiger partial charge on any atom is -0.480 e. The predicted molar refractivity (Wildman–Crippen MR) is 60.1 cm³/mol. The summed E-state index contributed by atoms with van der Waals surface area (Å²) in [5.74, 6) is -0.0116. The minimum absolute atomic E-state index is 0.259. The van der Waals surface area contributed by atoms with Gasteiger partial charge in [-0.25, -0.2) is 9.59 Å². The van der Waals surface area contributed by atoms with Crippen LogP contribution in [0.15, 0.2) is 0 Å². The van der Waals surface area contributed by atoms with Crippen LogP contribution in [0.4, 0.5) is 4.79 Å². The van der Waals surface area contributed by atoms with Gasteiger partial charge in [-0.2, -0.15) is 0 Å². The monoisotopic (exact) mass is 228 g/mol. The lowest BCUT2D eigenvalue weighted by Gasteiger charge is -2.20. The van der Waals surface area contributed by atoms with Crippen molar-refractivity contribution in [1.82, 2.24) is 10.2 Å². The lowest BCUT2D eigenvalue weighted by Crippen LogP contribution is -2.47. The zero-order valence-electron chi connectivity index (χ0n) is 10.1. The van der Waals surface area contributed by atoms with Crippen LogP contribution in [0.1, 0.15) is 27.2 Å². The SMILES string of the molecule is CC[C@@H](NC(=O)N1CC(C)C(C)C1)C(=O)O. The van der Waals surface area contributed by atoms with E-state index in [9.17, 15) is 9.59 Å². The molecule has 1 saturated heterocycles. The fourth-order valence-corrected chi connectivity index (χ4v) is 1.87. The van der Waals surface area contributed by atoms with E-state index in [2.05, 4.69) is 19.2 Å². The Labute approximate surface area is 95.8 Å². The van der Waals surface area contributed by atoms with Crippen molar-refractivity contribution < 1.29 is 14.7 Å². The Morgan fingerprint density at radius 1 is 1.38 bits per heavy atom. The van der Waals surface area contributed by atoms with E-state index in [1.807, 2.05) is 0 Å². The third-order valence-electron chi connectivity index (χ3n) is 3.28. The summed E-state index contributed by atoms with van der Waals surface area (Å²) < 4.78 is 0. The topological polar surface area (TPSA) is 69.6 Å². The molecule has 5 heteroatoms. The average molecular weight is 228 g/mol. The summed E-state index contributed by atoms with van der Waals surface area (Å²) in [5.41, 5.74) is 0. The van der Waals surface area contributed by atoms with Gasteiger partial charge >= 0.3 is 12.0 Å². The van der Waals surface area contributed by atoms with Crippen molar-refractivity contribution in [2.24, 2.45) is 11.8 Å². The van der Waals surface area contributed by atoms with Crippen LogP contribution in [0.3, 0.4) is 0 Å². The molecule has 0 aliphatic carbocycles. The number of carboxylic acid groups (broad SMARTS) is 1. The van der Waals surface area contributed by atoms with Crippen molar-refractivity contribution in [3.8, 4) is 0 Å². The fraction of sp³-hybridized carbons (Fsp3) is 0.818. The third-order valence-corrected chi connectivity index (χ3v) is 3.28. The van der Waals surface area contributed by atoms with Crippen LogP contribution in [0, 0.1) is 11.8 Å². The van der Waals surface area contributed by atoms with Crippen molar-refractivity contribution in [2.45, 2.75) is 33.2 Å². The van der Waals surface area contributed by atoms with Gasteiger partial charge in [-0.1, -0.05) is 20.8 Å². The number of urea groups is 1. The van der Waals surface area contributed by atoms with Gasteiger partial charge in [0.15, 0.2) is 0 Å². The van der Waals surface area contributed by atoms with Crippen molar-refractivity contribution in [1.29, 1.82) is 0 Å². The standard InChI is InChI=1S/C11H20N2O3/c1-4-9(10(14)15)12-11(16)13-5-7(2)8(3)6-13/h7-9H,4-6H2,1-3H3,(H,12,16)(H,14,15)/t7?,8?,9-/m1/s1. The normalized spacial score (nSPS) is 26.6. The summed E-state index contributed by atoms with van der Waals surface area (Å²) >= 11 is 0. The average Bonchev–Trinajstić information content (AvgIpc) is 2.55. The highest BCUT2D eigenvalue weighted by Gasteiger charge is 2.30. The van der Waals surface area contributed by atoms with Gasteiger partial charge in [-0.15, -0.1) is 0 Å². The first-order valence-corrected chi connectivity index (χ1v) is 5.74. The first-order chi connectivity index (χ1) is 7.45. The molecule has 0 aromatic carbocycles. The van der Waals surface area contributed by atoms with Crippen LogP contribution < -0.4 is 5.32 Å². The van der Waals surface area contributed by atoms with E-state index in [-0.39, 0.29) is 6.03 Å². The molecule has 5 nitrogen and oxygen atoms in total. The first kappa shape index (κ1) is 12.8. The Kier molecular flexibility index (Phi) is 4.15. The van der Waals surface area contributed by atoms with Gasteiger partial charge in [-0.05, 0) is 18.3 Å². The molecular formula is C11H20N2O3. The number of nitrogens with zero attached hydrogens (tertiary/aromatic N) is 1. The van der Waals surface area contributed by atoms with E-state index in [1.165, 1.54) is 0 Å². The highest BCUT2D eigenvalue weighted by molar-refractivity contribution is 5.82. The van der Waals surface area contributed by atoms with Crippen molar-refractivity contribution >= 4 is 12.0 Å². The molecule has 1 aliphatic rings. The number of hydrogen-bond donors (Lipinski definition) is 2. The van der Waals surface area contributed by atoms with Gasteiger partial charge in [0.05, 0.1) is 0 Å². The summed E-state index contributed by atoms with van der Waals surface area (Å²) in [6.45, 7) is 7.37. The molecule has 0 spiro atoms. The number of carbonyl (C=O) groups is 2. The quantitative estimate of drug-likeness (QED) is 0.761. The Balaban J connectivity index is 2.50. The van der Waals surface area contributed by atoms with Gasteiger partial charge < -0.3 is 15.3 Å². The van der Waals surface area contributed by atoms with Gasteiger partial charge in [0.1, 0.15) is 6.04 Å². The number of carbonyl (C=O) groups excluding carboxylic acids is 1. The Bertz CT molecular complexity index is 270. The summed E-state index contributed by atoms with van der Waals surface area (Å²) in [4.78, 5) is 24.2. The molecule has 0 bridgehead atoms. The van der Waals surface area contributed by atoms with Crippen LogP contribution in [0.25, 0.3) is 0 Å². The number of likely N-dealkylation sites (tertiary alicyclic amines) is 1. The number of carboxylic acids is 1. The number of hydrogen-bond acceptors (Lipinski definition) is 2. The fourth-order valence-electron chi connectivity index (χ4n) is 1.87. The second-order valence-corrected chi connectivity index (χ2v) is 4.61. The van der Waals surface area contributed by atoms with Gasteiger partial charge in [0.25, 0.3) is 0 Å². The molecule has 1 heterocycles. The molecular weight excluding hydrogens is 208 g/mol. The van der Waals surface area contributed by atoms with E-state index in [0.717, 1.165) is 0 Å². The van der Waals surface area contributed by atoms with E-state index in [1.54, 1.807) is 11.8 Å². The summed E-state index contributed by atoms with van der Waals surface area (Å²) in [6, 6.07) is -1.04. The number of rotatable bonds is 3. The number of aliphatic carboxylic acids is 1. The van der Waals surface area contributed by atoms with E-state index >= 15 is 0 Å². The zero-order valence-corrected chi connectivity index (χ0v) is 10.1. The van der Waals surface area contributed by atoms with Crippen LogP contribution in [0.5, 0.6) is 0 Å². The molecule has 0 radical (unpaired) electrons. The maximum absolute atomic E-state index is 11.8. The minimum atomic E-state index is -0.976. The molecule has 0 aromatic heterocycles. The second-order valence-electron chi connectivity index (χ2n) is 4.61. The van der Waals surface area contributed by atoms with E-state index < -0.39 is 12.0 Å². The Morgan fingerprint density at radius 3 is 2.25 bits per heavy atom. The van der Waals surface area contributed by atoms with Gasteiger partial charge in [0.2, 0.25) is 0 Å². The molecule has 2 amide bonds. The molecule has 3 atom stereocenters. The molecule has 0 saturated carbocycles. The second kappa shape index (κ2) is 5.18. The zero-order chi connectivity index (χ0) is 12.3. The highest BCUT2D eigenvalue weighted by Crippen LogP contribution is 2.21. The van der Waals surface area contributed by atoms with E-state index in [0.29, 0.717) is 31.3 Å². The lowest BCUT2D eigenvalue weighted by atomic mass is 10.0. The summed E-state index contributed by atoms with van der Waals surface area (Å²) in [6.07, 6.45) is 0.403. The third kappa shape index (κ3) is 2.87. The van der Waals surface area contributed by atoms with Gasteiger partial charge in [0, 0.05) is 13.1 Å². The molecule has 1 rings (SSSR count). The molecule has 16 heavy (non-hydrogen) atoms. The van der Waals surface area contributed by atoms with E-state index in [4.69, 9.17) is 5.11 Å². The maximum Gasteiger partial charge on any atom is 0.326 e. The molecule has 1 aliphatic heterocycles. The first-order valence-electron chi connectivity index (χ1n) is 5.74. The Hall–Kier alpha value is -1.26. The van der Waals surface area contributed by atoms with Crippen molar-refractivity contribution in [3.63, 3.8) is 0 Å². The summed E-state index contributed by atoms with van der Waals surface area (Å²) in [7, 11) is 0. The predicted octanol–water partition coefficient (Wildman–Crippen LogP) is 1.15. The smallest absolute Gasteiger partial charge is 0.326 e. The van der Waals surface area contributed by atoms with Crippen LogP contribution >= 0.6 is 0 Å². The molecule has 92 valence electrons. The van der Waals surface area contributed by atoms with Gasteiger partial charge in [-0.3, -0.25) is 0 Å². The lowest BCUT2D eigenvalue weighted by molar-refractivity contribution is -0.139. The molecule has 0 aromatic rings. The summed E-state index contributed by atoms with van der Waals surface area (Å²) in [5, 5.41) is 11.4. The van der Waals surface area contributed by atoms with Crippen molar-refractivity contribution in [3.05, 3.63) is 0 Å². The number of amides is 2. The largest absolute Gasteiger partial charge is 0.480 e. The Morgan fingerprint density at radius 2 is 1.88 bits per heavy atom. The highest BCUT2D eigenvalue weighted by atomic mass is 16.4. The molecule has 2 N–H and O–H groups in total.